The van der Waals surface area contributed by atoms with E-state index in [1.165, 1.54) is 0 Å². The number of benzene rings is 1. The number of nitrogens with zero attached hydrogens (tertiary/aromatic N) is 2. The van der Waals surface area contributed by atoms with Crippen molar-refractivity contribution in [2.24, 2.45) is 0 Å². The van der Waals surface area contributed by atoms with Crippen molar-refractivity contribution in [1.82, 2.24) is 9.97 Å². The molecule has 2 aromatic rings. The van der Waals surface area contributed by atoms with Crippen LogP contribution in [0.4, 0.5) is 8.78 Å². The van der Waals surface area contributed by atoms with Crippen molar-refractivity contribution >= 4 is 34.8 Å². The van der Waals surface area contributed by atoms with E-state index in [2.05, 4.69) is 9.97 Å². The molecule has 0 aliphatic heterocycles. The Balaban J connectivity index is 1.96. The van der Waals surface area contributed by atoms with Crippen molar-refractivity contribution in [1.29, 1.82) is 0 Å². The Morgan fingerprint density at radius 3 is 2.39 bits per heavy atom. The Kier molecular flexibility index (Phi) is 3.39. The van der Waals surface area contributed by atoms with Crippen LogP contribution in [0.2, 0.25) is 15.5 Å². The first-order valence-electron chi connectivity index (χ1n) is 7.25. The molecular weight excluding hydrogens is 365 g/mol. The van der Waals surface area contributed by atoms with Crippen LogP contribution in [0.3, 0.4) is 0 Å². The van der Waals surface area contributed by atoms with Crippen LogP contribution in [0.15, 0.2) is 18.2 Å². The molecule has 7 heteroatoms. The summed E-state index contributed by atoms with van der Waals surface area (Å²) in [6.07, 6.45) is 1.54. The summed E-state index contributed by atoms with van der Waals surface area (Å²) in [4.78, 5) is 7.62. The van der Waals surface area contributed by atoms with Gasteiger partial charge in [-0.2, -0.15) is 8.78 Å². The predicted octanol–water partition coefficient (Wildman–Crippen LogP) is 5.36. The summed E-state index contributed by atoms with van der Waals surface area (Å²) in [6, 6.07) is 5.21. The first kappa shape index (κ1) is 15.6. The third-order valence-electron chi connectivity index (χ3n) is 5.07. The van der Waals surface area contributed by atoms with E-state index in [4.69, 9.17) is 34.8 Å². The number of halogens is 5. The van der Waals surface area contributed by atoms with Crippen molar-refractivity contribution in [2.45, 2.75) is 37.0 Å². The first-order chi connectivity index (χ1) is 10.9. The van der Waals surface area contributed by atoms with Crippen molar-refractivity contribution in [3.63, 3.8) is 0 Å². The molecule has 2 aliphatic rings. The average molecular weight is 376 g/mol. The lowest BCUT2D eigenvalue weighted by molar-refractivity contribution is -0.102. The summed E-state index contributed by atoms with van der Waals surface area (Å²) in [5, 5.41) is 0.299. The Labute approximate surface area is 146 Å². The monoisotopic (exact) mass is 374 g/mol. The zero-order valence-electron chi connectivity index (χ0n) is 11.8. The minimum atomic E-state index is -3.17. The number of aromatic nitrogens is 2. The van der Waals surface area contributed by atoms with Gasteiger partial charge in [0.2, 0.25) is 5.28 Å². The van der Waals surface area contributed by atoms with E-state index in [9.17, 15) is 0 Å². The molecule has 120 valence electrons. The van der Waals surface area contributed by atoms with Gasteiger partial charge in [-0.15, -0.1) is 0 Å². The highest BCUT2D eigenvalue weighted by atomic mass is 35.5. The molecule has 23 heavy (non-hydrogen) atoms. The van der Waals surface area contributed by atoms with E-state index in [1.807, 2.05) is 0 Å². The molecule has 4 rings (SSSR count). The molecule has 1 heterocycles. The van der Waals surface area contributed by atoms with Crippen LogP contribution in [0, 0.1) is 0 Å². The minimum absolute atomic E-state index is 0.0128. The normalized spacial score (nSPS) is 24.6. The number of hydrogen-bond donors (Lipinski definition) is 0. The maximum absolute atomic E-state index is 15.5. The highest BCUT2D eigenvalue weighted by Crippen LogP contribution is 2.60. The lowest BCUT2D eigenvalue weighted by Crippen LogP contribution is -2.46. The number of fused-ring (bicyclic) bond motifs is 3. The molecule has 0 saturated heterocycles. The van der Waals surface area contributed by atoms with Crippen LogP contribution in [-0.4, -0.2) is 9.97 Å². The van der Waals surface area contributed by atoms with Gasteiger partial charge in [0.25, 0.3) is 5.92 Å². The Bertz CT molecular complexity index is 825. The van der Waals surface area contributed by atoms with Gasteiger partial charge in [-0.25, -0.2) is 9.97 Å². The second-order valence-electron chi connectivity index (χ2n) is 6.03. The Morgan fingerprint density at radius 2 is 1.65 bits per heavy atom. The standard InChI is InChI=1S/C16H11Cl3F2N2/c17-11-3-1-2-10-8(11)4-6-15(10)7-5-9-12(16(15,20)21)22-14(19)23-13(9)18/h1-3H,4-7H2. The fourth-order valence-corrected chi connectivity index (χ4v) is 4.70. The van der Waals surface area contributed by atoms with E-state index in [-0.39, 0.29) is 22.6 Å². The number of rotatable bonds is 0. The maximum atomic E-state index is 15.5. The molecule has 0 radical (unpaired) electrons. The van der Waals surface area contributed by atoms with Gasteiger partial charge in [0.05, 0.1) is 5.41 Å². The second-order valence-corrected chi connectivity index (χ2v) is 7.14. The van der Waals surface area contributed by atoms with Gasteiger partial charge in [0.15, 0.2) is 0 Å². The number of hydrogen-bond acceptors (Lipinski definition) is 2. The summed E-state index contributed by atoms with van der Waals surface area (Å²) in [5.41, 5.74) is 0.0696. The second kappa shape index (κ2) is 5.01. The van der Waals surface area contributed by atoms with Crippen molar-refractivity contribution in [3.8, 4) is 0 Å². The average Bonchev–Trinajstić information content (AvgIpc) is 2.86. The smallest absolute Gasteiger partial charge is 0.216 e. The van der Waals surface area contributed by atoms with E-state index in [0.29, 0.717) is 35.4 Å². The molecule has 1 spiro atoms. The summed E-state index contributed by atoms with van der Waals surface area (Å²) in [5.74, 6) is -3.17. The Morgan fingerprint density at radius 1 is 0.957 bits per heavy atom. The predicted molar refractivity (Wildman–Crippen MR) is 85.7 cm³/mol. The van der Waals surface area contributed by atoms with Crippen LogP contribution in [0.5, 0.6) is 0 Å². The van der Waals surface area contributed by atoms with Gasteiger partial charge in [-0.1, -0.05) is 35.3 Å². The third kappa shape index (κ3) is 1.98. The molecule has 0 N–H and O–H groups in total. The first-order valence-corrected chi connectivity index (χ1v) is 8.38. The van der Waals surface area contributed by atoms with Crippen LogP contribution < -0.4 is 0 Å². The molecule has 0 bridgehead atoms. The number of alkyl halides is 2. The van der Waals surface area contributed by atoms with Crippen LogP contribution in [0.25, 0.3) is 0 Å². The van der Waals surface area contributed by atoms with Gasteiger partial charge >= 0.3 is 0 Å². The van der Waals surface area contributed by atoms with E-state index >= 15 is 8.78 Å². The molecule has 2 nitrogen and oxygen atoms in total. The quantitative estimate of drug-likeness (QED) is 0.457. The largest absolute Gasteiger partial charge is 0.299 e. The van der Waals surface area contributed by atoms with E-state index < -0.39 is 11.3 Å². The molecule has 0 amide bonds. The van der Waals surface area contributed by atoms with Gasteiger partial charge in [-0.3, -0.25) is 0 Å². The molecule has 1 aromatic carbocycles. The third-order valence-corrected chi connectivity index (χ3v) is 5.90. The molecular formula is C16H11Cl3F2N2. The van der Waals surface area contributed by atoms with Gasteiger partial charge in [-0.05, 0) is 54.5 Å². The molecule has 1 unspecified atom stereocenters. The van der Waals surface area contributed by atoms with Crippen LogP contribution in [0.1, 0.15) is 35.2 Å². The van der Waals surface area contributed by atoms with E-state index in [0.717, 1.165) is 5.56 Å². The van der Waals surface area contributed by atoms with Crippen LogP contribution >= 0.6 is 34.8 Å². The van der Waals surface area contributed by atoms with E-state index in [1.54, 1.807) is 18.2 Å². The summed E-state index contributed by atoms with van der Waals surface area (Å²) >= 11 is 18.0. The zero-order valence-corrected chi connectivity index (χ0v) is 14.1. The maximum Gasteiger partial charge on any atom is 0.299 e. The highest BCUT2D eigenvalue weighted by Gasteiger charge is 2.62. The van der Waals surface area contributed by atoms with Gasteiger partial charge in [0.1, 0.15) is 10.8 Å². The molecule has 1 aromatic heterocycles. The molecule has 0 fully saturated rings. The SMILES string of the molecule is FC1(F)c2nc(Cl)nc(Cl)c2CCC12CCc1c(Cl)cccc12. The zero-order chi connectivity index (χ0) is 16.4. The van der Waals surface area contributed by atoms with Crippen molar-refractivity contribution in [3.05, 3.63) is 56.0 Å². The summed E-state index contributed by atoms with van der Waals surface area (Å²) in [7, 11) is 0. The lowest BCUT2D eigenvalue weighted by atomic mass is 9.67. The fraction of sp³-hybridized carbons (Fsp3) is 0.375. The van der Waals surface area contributed by atoms with Crippen LogP contribution in [-0.2, 0) is 24.2 Å². The topological polar surface area (TPSA) is 25.8 Å². The van der Waals surface area contributed by atoms with Gasteiger partial charge in [0, 0.05) is 10.6 Å². The van der Waals surface area contributed by atoms with Crippen molar-refractivity contribution in [2.75, 3.05) is 0 Å². The minimum Gasteiger partial charge on any atom is -0.216 e. The summed E-state index contributed by atoms with van der Waals surface area (Å²) in [6.45, 7) is 0. The van der Waals surface area contributed by atoms with Gasteiger partial charge < -0.3 is 0 Å². The molecule has 1 atom stereocenters. The Hall–Kier alpha value is -0.970. The summed E-state index contributed by atoms with van der Waals surface area (Å²) < 4.78 is 31.0. The fourth-order valence-electron chi connectivity index (χ4n) is 3.95. The highest BCUT2D eigenvalue weighted by molar-refractivity contribution is 6.32. The molecule has 2 aliphatic carbocycles. The lowest BCUT2D eigenvalue weighted by Gasteiger charge is -2.42. The van der Waals surface area contributed by atoms with Crippen molar-refractivity contribution < 1.29 is 8.78 Å². The molecule has 0 saturated carbocycles.